The van der Waals surface area contributed by atoms with E-state index in [1.807, 2.05) is 50.4 Å². The highest BCUT2D eigenvalue weighted by molar-refractivity contribution is 7.15. The molecule has 2 N–H and O–H groups in total. The van der Waals surface area contributed by atoms with Crippen LogP contribution in [0.15, 0.2) is 48.8 Å². The van der Waals surface area contributed by atoms with Gasteiger partial charge < -0.3 is 10.5 Å². The Morgan fingerprint density at radius 2 is 2.00 bits per heavy atom. The van der Waals surface area contributed by atoms with Crippen molar-refractivity contribution in [2.45, 2.75) is 26.4 Å². The number of benzene rings is 1. The number of nitrogens with zero attached hydrogens (tertiary/aromatic N) is 2. The molecule has 3 rings (SSSR count). The highest BCUT2D eigenvalue weighted by atomic mass is 32.1. The van der Waals surface area contributed by atoms with E-state index in [1.54, 1.807) is 6.20 Å². The summed E-state index contributed by atoms with van der Waals surface area (Å²) in [6, 6.07) is 12.0. The summed E-state index contributed by atoms with van der Waals surface area (Å²) in [6.07, 6.45) is 4.45. The summed E-state index contributed by atoms with van der Waals surface area (Å²) in [5, 5.41) is 0.570. The molecule has 0 spiro atoms. The Hall–Kier alpha value is -2.40. The number of ether oxygens (including phenoxy) is 1. The molecule has 0 bridgehead atoms. The standard InChI is InChI=1S/C18H19N3OS/c1-12(2)22-15-8-4-3-6-13(15)10-16-17(21-18(19)23-16)14-7-5-9-20-11-14/h3-9,11-12H,10H2,1-2H3,(H2,19,21). The first-order chi connectivity index (χ1) is 11.1. The second-order valence-corrected chi connectivity index (χ2v) is 6.63. The van der Waals surface area contributed by atoms with Gasteiger partial charge in [-0.05, 0) is 37.6 Å². The first-order valence-corrected chi connectivity index (χ1v) is 8.35. The molecule has 0 aliphatic heterocycles. The van der Waals surface area contributed by atoms with Crippen molar-refractivity contribution >= 4 is 16.5 Å². The summed E-state index contributed by atoms with van der Waals surface area (Å²) in [6.45, 7) is 4.06. The summed E-state index contributed by atoms with van der Waals surface area (Å²) < 4.78 is 5.91. The zero-order chi connectivity index (χ0) is 16.2. The SMILES string of the molecule is CC(C)Oc1ccccc1Cc1sc(N)nc1-c1cccnc1. The van der Waals surface area contributed by atoms with Gasteiger partial charge in [-0.15, -0.1) is 11.3 Å². The van der Waals surface area contributed by atoms with E-state index in [-0.39, 0.29) is 6.10 Å². The number of aromatic nitrogens is 2. The molecule has 2 heterocycles. The number of nitrogen functional groups attached to an aromatic ring is 1. The monoisotopic (exact) mass is 325 g/mol. The summed E-state index contributed by atoms with van der Waals surface area (Å²) in [4.78, 5) is 9.78. The Morgan fingerprint density at radius 1 is 1.17 bits per heavy atom. The van der Waals surface area contributed by atoms with Crippen molar-refractivity contribution in [3.05, 3.63) is 59.2 Å². The van der Waals surface area contributed by atoms with Crippen molar-refractivity contribution < 1.29 is 4.74 Å². The average molecular weight is 325 g/mol. The Bertz CT molecular complexity index is 784. The van der Waals surface area contributed by atoms with Gasteiger partial charge in [-0.2, -0.15) is 0 Å². The maximum Gasteiger partial charge on any atom is 0.180 e. The molecular formula is C18H19N3OS. The lowest BCUT2D eigenvalue weighted by Gasteiger charge is -2.14. The lowest BCUT2D eigenvalue weighted by Crippen LogP contribution is -2.07. The molecule has 2 aromatic heterocycles. The fourth-order valence-corrected chi connectivity index (χ4v) is 3.29. The molecule has 0 saturated carbocycles. The first kappa shape index (κ1) is 15.5. The van der Waals surface area contributed by atoms with Crippen molar-refractivity contribution in [1.82, 2.24) is 9.97 Å². The van der Waals surface area contributed by atoms with Crippen LogP contribution < -0.4 is 10.5 Å². The van der Waals surface area contributed by atoms with Gasteiger partial charge in [-0.1, -0.05) is 18.2 Å². The van der Waals surface area contributed by atoms with Crippen LogP contribution in [0.25, 0.3) is 11.3 Å². The van der Waals surface area contributed by atoms with Crippen LogP contribution in [0, 0.1) is 0 Å². The molecule has 0 saturated heterocycles. The van der Waals surface area contributed by atoms with Crippen molar-refractivity contribution in [2.24, 2.45) is 0 Å². The molecule has 0 fully saturated rings. The molecule has 4 nitrogen and oxygen atoms in total. The minimum Gasteiger partial charge on any atom is -0.491 e. The molecule has 118 valence electrons. The maximum atomic E-state index is 5.94. The number of nitrogens with two attached hydrogens (primary N) is 1. The Morgan fingerprint density at radius 3 is 2.74 bits per heavy atom. The van der Waals surface area contributed by atoms with Crippen molar-refractivity contribution in [1.29, 1.82) is 0 Å². The molecule has 0 aliphatic carbocycles. The zero-order valence-corrected chi connectivity index (χ0v) is 14.0. The van der Waals surface area contributed by atoms with Crippen molar-refractivity contribution in [2.75, 3.05) is 5.73 Å². The number of pyridine rings is 1. The molecular weight excluding hydrogens is 306 g/mol. The molecule has 0 amide bonds. The van der Waals surface area contributed by atoms with Gasteiger partial charge in [0.05, 0.1) is 11.8 Å². The van der Waals surface area contributed by atoms with Gasteiger partial charge in [0.2, 0.25) is 0 Å². The highest BCUT2D eigenvalue weighted by Crippen LogP contribution is 2.33. The predicted molar refractivity (Wildman–Crippen MR) is 94.8 cm³/mol. The number of hydrogen-bond acceptors (Lipinski definition) is 5. The maximum absolute atomic E-state index is 5.94. The molecule has 5 heteroatoms. The predicted octanol–water partition coefficient (Wildman–Crippen LogP) is 4.17. The van der Waals surface area contributed by atoms with Gasteiger partial charge in [-0.25, -0.2) is 4.98 Å². The van der Waals surface area contributed by atoms with E-state index in [2.05, 4.69) is 16.0 Å². The van der Waals surface area contributed by atoms with Crippen LogP contribution in [0.3, 0.4) is 0 Å². The van der Waals surface area contributed by atoms with Crippen LogP contribution >= 0.6 is 11.3 Å². The second-order valence-electron chi connectivity index (χ2n) is 5.52. The lowest BCUT2D eigenvalue weighted by atomic mass is 10.1. The minimum absolute atomic E-state index is 0.139. The number of rotatable bonds is 5. The van der Waals surface area contributed by atoms with E-state index in [1.165, 1.54) is 11.3 Å². The summed E-state index contributed by atoms with van der Waals surface area (Å²) >= 11 is 1.51. The number of hydrogen-bond donors (Lipinski definition) is 1. The average Bonchev–Trinajstić information content (AvgIpc) is 2.90. The van der Waals surface area contributed by atoms with Crippen LogP contribution in [0.2, 0.25) is 0 Å². The van der Waals surface area contributed by atoms with E-state index < -0.39 is 0 Å². The lowest BCUT2D eigenvalue weighted by molar-refractivity contribution is 0.240. The van der Waals surface area contributed by atoms with E-state index in [0.29, 0.717) is 5.13 Å². The van der Waals surface area contributed by atoms with E-state index in [9.17, 15) is 0 Å². The van der Waals surface area contributed by atoms with Gasteiger partial charge in [-0.3, -0.25) is 4.98 Å². The zero-order valence-electron chi connectivity index (χ0n) is 13.2. The number of thiazole rings is 1. The molecule has 0 aliphatic rings. The molecule has 3 aromatic rings. The third kappa shape index (κ3) is 3.68. The fourth-order valence-electron chi connectivity index (χ4n) is 2.41. The van der Waals surface area contributed by atoms with Crippen LogP contribution in [0.4, 0.5) is 5.13 Å². The van der Waals surface area contributed by atoms with Crippen molar-refractivity contribution in [3.63, 3.8) is 0 Å². The smallest absolute Gasteiger partial charge is 0.180 e. The van der Waals surface area contributed by atoms with Gasteiger partial charge in [0, 0.05) is 29.3 Å². The summed E-state index contributed by atoms with van der Waals surface area (Å²) in [7, 11) is 0. The van der Waals surface area contributed by atoms with E-state index in [0.717, 1.165) is 33.9 Å². The van der Waals surface area contributed by atoms with E-state index in [4.69, 9.17) is 10.5 Å². The van der Waals surface area contributed by atoms with Crippen LogP contribution in [-0.4, -0.2) is 16.1 Å². The quantitative estimate of drug-likeness (QED) is 0.765. The molecule has 0 unspecified atom stereocenters. The molecule has 23 heavy (non-hydrogen) atoms. The van der Waals surface area contributed by atoms with Gasteiger partial charge >= 0.3 is 0 Å². The third-order valence-electron chi connectivity index (χ3n) is 3.34. The molecule has 1 aromatic carbocycles. The van der Waals surface area contributed by atoms with Crippen LogP contribution in [0.5, 0.6) is 5.75 Å². The van der Waals surface area contributed by atoms with Crippen molar-refractivity contribution in [3.8, 4) is 17.0 Å². The van der Waals surface area contributed by atoms with E-state index >= 15 is 0 Å². The minimum atomic E-state index is 0.139. The Balaban J connectivity index is 1.96. The van der Waals surface area contributed by atoms with Gasteiger partial charge in [0.15, 0.2) is 5.13 Å². The number of para-hydroxylation sites is 1. The Kier molecular flexibility index (Phi) is 4.57. The topological polar surface area (TPSA) is 61.0 Å². The normalized spacial score (nSPS) is 10.9. The second kappa shape index (κ2) is 6.79. The Labute approximate surface area is 140 Å². The third-order valence-corrected chi connectivity index (χ3v) is 4.22. The highest BCUT2D eigenvalue weighted by Gasteiger charge is 2.15. The summed E-state index contributed by atoms with van der Waals surface area (Å²) in [5.41, 5.74) is 8.97. The van der Waals surface area contributed by atoms with Gasteiger partial charge in [0.1, 0.15) is 5.75 Å². The molecule has 0 radical (unpaired) electrons. The van der Waals surface area contributed by atoms with Crippen LogP contribution in [-0.2, 0) is 6.42 Å². The summed E-state index contributed by atoms with van der Waals surface area (Å²) in [5.74, 6) is 0.909. The van der Waals surface area contributed by atoms with Gasteiger partial charge in [0.25, 0.3) is 0 Å². The molecule has 0 atom stereocenters. The van der Waals surface area contributed by atoms with Crippen LogP contribution in [0.1, 0.15) is 24.3 Å². The first-order valence-electron chi connectivity index (χ1n) is 7.53. The number of anilines is 1. The largest absolute Gasteiger partial charge is 0.491 e. The fraction of sp³-hybridized carbons (Fsp3) is 0.222.